The van der Waals surface area contributed by atoms with Crippen LogP contribution >= 0.6 is 0 Å². The molecule has 2 N–H and O–H groups in total. The van der Waals surface area contributed by atoms with E-state index in [0.717, 1.165) is 17.0 Å². The Morgan fingerprint density at radius 2 is 2.31 bits per heavy atom. The van der Waals surface area contributed by atoms with E-state index in [1.54, 1.807) is 12.5 Å². The van der Waals surface area contributed by atoms with E-state index in [2.05, 4.69) is 4.98 Å². The van der Waals surface area contributed by atoms with Crippen LogP contribution in [0.25, 0.3) is 11.5 Å². The minimum atomic E-state index is 0.674. The molecule has 0 aromatic carbocycles. The zero-order chi connectivity index (χ0) is 9.26. The maximum Gasteiger partial charge on any atom is 0.152 e. The molecule has 13 heavy (non-hydrogen) atoms. The molecular weight excluding hydrogens is 164 g/mol. The number of furan rings is 1. The number of nitrogens with two attached hydrogens (primary N) is 1. The molecule has 0 radical (unpaired) electrons. The lowest BCUT2D eigenvalue weighted by Gasteiger charge is -2.01. The summed E-state index contributed by atoms with van der Waals surface area (Å²) in [6, 6.07) is 5.60. The van der Waals surface area contributed by atoms with Gasteiger partial charge in [0.15, 0.2) is 5.76 Å². The Balaban J connectivity index is 2.53. The molecule has 66 valence electrons. The van der Waals surface area contributed by atoms with Gasteiger partial charge in [0.1, 0.15) is 5.69 Å². The fraction of sp³-hybridized carbons (Fsp3) is 0.100. The number of anilines is 1. The molecule has 0 saturated heterocycles. The van der Waals surface area contributed by atoms with Gasteiger partial charge in [0.05, 0.1) is 18.1 Å². The Bertz CT molecular complexity index is 407. The van der Waals surface area contributed by atoms with Crippen molar-refractivity contribution in [3.8, 4) is 11.5 Å². The van der Waals surface area contributed by atoms with Crippen molar-refractivity contribution >= 4 is 5.69 Å². The van der Waals surface area contributed by atoms with Crippen LogP contribution in [0.5, 0.6) is 0 Å². The summed E-state index contributed by atoms with van der Waals surface area (Å²) >= 11 is 0. The summed E-state index contributed by atoms with van der Waals surface area (Å²) in [5.74, 6) is 0.775. The lowest BCUT2D eigenvalue weighted by molar-refractivity contribution is 0.579. The number of aromatic nitrogens is 1. The molecule has 3 heteroatoms. The van der Waals surface area contributed by atoms with Crippen LogP contribution in [-0.4, -0.2) is 4.98 Å². The molecule has 0 atom stereocenters. The molecule has 2 aromatic rings. The van der Waals surface area contributed by atoms with Gasteiger partial charge in [-0.3, -0.25) is 4.98 Å². The van der Waals surface area contributed by atoms with Crippen LogP contribution in [0.15, 0.2) is 35.1 Å². The van der Waals surface area contributed by atoms with E-state index in [9.17, 15) is 0 Å². The predicted octanol–water partition coefficient (Wildman–Crippen LogP) is 2.23. The van der Waals surface area contributed by atoms with Crippen LogP contribution in [-0.2, 0) is 0 Å². The van der Waals surface area contributed by atoms with Crippen LogP contribution in [0.1, 0.15) is 5.56 Å². The number of pyridine rings is 1. The van der Waals surface area contributed by atoms with E-state index >= 15 is 0 Å². The van der Waals surface area contributed by atoms with Crippen LogP contribution in [0.3, 0.4) is 0 Å². The van der Waals surface area contributed by atoms with Gasteiger partial charge in [0, 0.05) is 0 Å². The number of hydrogen-bond donors (Lipinski definition) is 1. The molecule has 2 rings (SSSR count). The number of hydrogen-bond acceptors (Lipinski definition) is 3. The summed E-state index contributed by atoms with van der Waals surface area (Å²) in [5, 5.41) is 0. The lowest BCUT2D eigenvalue weighted by Crippen LogP contribution is -1.91. The molecule has 0 spiro atoms. The molecular formula is C10H10N2O. The fourth-order valence-corrected chi connectivity index (χ4v) is 1.27. The van der Waals surface area contributed by atoms with Gasteiger partial charge in [-0.05, 0) is 30.7 Å². The van der Waals surface area contributed by atoms with Crippen molar-refractivity contribution in [2.24, 2.45) is 0 Å². The van der Waals surface area contributed by atoms with E-state index in [1.807, 2.05) is 25.1 Å². The predicted molar refractivity (Wildman–Crippen MR) is 51.1 cm³/mol. The summed E-state index contributed by atoms with van der Waals surface area (Å²) in [4.78, 5) is 4.20. The van der Waals surface area contributed by atoms with E-state index in [4.69, 9.17) is 10.2 Å². The second-order valence-electron chi connectivity index (χ2n) is 2.91. The molecule has 3 nitrogen and oxygen atoms in total. The first-order valence-electron chi connectivity index (χ1n) is 4.03. The van der Waals surface area contributed by atoms with Gasteiger partial charge >= 0.3 is 0 Å². The summed E-state index contributed by atoms with van der Waals surface area (Å²) in [7, 11) is 0. The third kappa shape index (κ3) is 1.40. The molecule has 0 aliphatic heterocycles. The van der Waals surface area contributed by atoms with Gasteiger partial charge in [-0.1, -0.05) is 0 Å². The highest BCUT2D eigenvalue weighted by Gasteiger charge is 2.05. The van der Waals surface area contributed by atoms with Gasteiger partial charge in [-0.25, -0.2) is 0 Å². The standard InChI is InChI=1S/C10H10N2O/c1-7-5-8(11)6-12-10(7)9-3-2-4-13-9/h2-6H,11H2,1H3. The summed E-state index contributed by atoms with van der Waals surface area (Å²) in [6.07, 6.45) is 3.26. The number of nitrogens with zero attached hydrogens (tertiary/aromatic N) is 1. The Kier molecular flexibility index (Phi) is 1.77. The van der Waals surface area contributed by atoms with Crippen LogP contribution in [0.2, 0.25) is 0 Å². The second-order valence-corrected chi connectivity index (χ2v) is 2.91. The topological polar surface area (TPSA) is 52.0 Å². The summed E-state index contributed by atoms with van der Waals surface area (Å²) < 4.78 is 5.24. The monoisotopic (exact) mass is 174 g/mol. The van der Waals surface area contributed by atoms with Crippen molar-refractivity contribution < 1.29 is 4.42 Å². The van der Waals surface area contributed by atoms with Crippen molar-refractivity contribution in [1.82, 2.24) is 4.98 Å². The first-order chi connectivity index (χ1) is 6.27. The van der Waals surface area contributed by atoms with Crippen molar-refractivity contribution in [2.45, 2.75) is 6.92 Å². The van der Waals surface area contributed by atoms with Gasteiger partial charge in [-0.15, -0.1) is 0 Å². The van der Waals surface area contributed by atoms with E-state index < -0.39 is 0 Å². The zero-order valence-corrected chi connectivity index (χ0v) is 7.32. The molecule has 0 bridgehead atoms. The van der Waals surface area contributed by atoms with Crippen molar-refractivity contribution in [3.05, 3.63) is 36.2 Å². The van der Waals surface area contributed by atoms with Crippen LogP contribution < -0.4 is 5.73 Å². The van der Waals surface area contributed by atoms with Gasteiger partial charge in [0.25, 0.3) is 0 Å². The Labute approximate surface area is 76.2 Å². The van der Waals surface area contributed by atoms with Crippen molar-refractivity contribution in [3.63, 3.8) is 0 Å². The normalized spacial score (nSPS) is 10.2. The average Bonchev–Trinajstić information content (AvgIpc) is 2.56. The molecule has 0 amide bonds. The molecule has 0 aliphatic carbocycles. The number of rotatable bonds is 1. The van der Waals surface area contributed by atoms with E-state index in [1.165, 1.54) is 0 Å². The molecule has 0 aliphatic rings. The largest absolute Gasteiger partial charge is 0.463 e. The first-order valence-corrected chi connectivity index (χ1v) is 4.03. The Morgan fingerprint density at radius 3 is 2.92 bits per heavy atom. The van der Waals surface area contributed by atoms with E-state index in [0.29, 0.717) is 5.69 Å². The lowest BCUT2D eigenvalue weighted by atomic mass is 10.2. The molecule has 2 heterocycles. The average molecular weight is 174 g/mol. The summed E-state index contributed by atoms with van der Waals surface area (Å²) in [6.45, 7) is 1.96. The maximum atomic E-state index is 5.59. The minimum Gasteiger partial charge on any atom is -0.463 e. The Morgan fingerprint density at radius 1 is 1.46 bits per heavy atom. The third-order valence-electron chi connectivity index (χ3n) is 1.85. The quantitative estimate of drug-likeness (QED) is 0.721. The zero-order valence-electron chi connectivity index (χ0n) is 7.32. The third-order valence-corrected chi connectivity index (χ3v) is 1.85. The summed E-state index contributed by atoms with van der Waals surface area (Å²) in [5.41, 5.74) is 8.13. The highest BCUT2D eigenvalue weighted by molar-refractivity contribution is 5.59. The molecule has 0 saturated carbocycles. The second kappa shape index (κ2) is 2.94. The molecule has 0 unspecified atom stereocenters. The maximum absolute atomic E-state index is 5.59. The highest BCUT2D eigenvalue weighted by Crippen LogP contribution is 2.22. The van der Waals surface area contributed by atoms with Crippen LogP contribution in [0.4, 0.5) is 5.69 Å². The number of nitrogen functional groups attached to an aromatic ring is 1. The number of aryl methyl sites for hydroxylation is 1. The van der Waals surface area contributed by atoms with Crippen LogP contribution in [0, 0.1) is 6.92 Å². The van der Waals surface area contributed by atoms with Gasteiger partial charge < -0.3 is 10.2 Å². The Hall–Kier alpha value is -1.77. The molecule has 0 fully saturated rings. The van der Waals surface area contributed by atoms with Gasteiger partial charge in [-0.2, -0.15) is 0 Å². The highest BCUT2D eigenvalue weighted by atomic mass is 16.3. The van der Waals surface area contributed by atoms with E-state index in [-0.39, 0.29) is 0 Å². The fourth-order valence-electron chi connectivity index (χ4n) is 1.27. The van der Waals surface area contributed by atoms with Gasteiger partial charge in [0.2, 0.25) is 0 Å². The minimum absolute atomic E-state index is 0.674. The van der Waals surface area contributed by atoms with Crippen molar-refractivity contribution in [2.75, 3.05) is 5.73 Å². The SMILES string of the molecule is Cc1cc(N)cnc1-c1ccco1. The van der Waals surface area contributed by atoms with Crippen molar-refractivity contribution in [1.29, 1.82) is 0 Å². The first kappa shape index (κ1) is 7.86. The molecule has 2 aromatic heterocycles. The smallest absolute Gasteiger partial charge is 0.152 e.